The van der Waals surface area contributed by atoms with Gasteiger partial charge in [0.05, 0.1) is 13.7 Å². The van der Waals surface area contributed by atoms with Gasteiger partial charge in [-0.1, -0.05) is 6.92 Å². The zero-order chi connectivity index (χ0) is 26.3. The predicted octanol–water partition coefficient (Wildman–Crippen LogP) is 1.57. The number of alkyl halides is 2. The number of halogens is 4. The number of hydrogen-bond donors (Lipinski definition) is 2. The number of carbonyl (C=O) groups is 3. The molecule has 1 aromatic carbocycles. The van der Waals surface area contributed by atoms with Gasteiger partial charge in [-0.25, -0.2) is 18.0 Å². The van der Waals surface area contributed by atoms with E-state index >= 15 is 0 Å². The van der Waals surface area contributed by atoms with E-state index in [1.807, 2.05) is 0 Å². The Morgan fingerprint density at radius 3 is 2.39 bits per heavy atom. The van der Waals surface area contributed by atoms with E-state index in [0.29, 0.717) is 31.9 Å². The fraction of sp³-hybridized carbons (Fsp3) is 0.609. The van der Waals surface area contributed by atoms with Crippen molar-refractivity contribution in [3.05, 3.63) is 23.8 Å². The summed E-state index contributed by atoms with van der Waals surface area (Å²) < 4.78 is 60.0. The molecule has 3 heterocycles. The Morgan fingerprint density at radius 2 is 1.83 bits per heavy atom. The number of hydrogen-bond acceptors (Lipinski definition) is 6. The van der Waals surface area contributed by atoms with Crippen molar-refractivity contribution in [2.24, 2.45) is 5.92 Å². The Labute approximate surface area is 205 Å². The van der Waals surface area contributed by atoms with Crippen molar-refractivity contribution in [3.8, 4) is 5.75 Å². The summed E-state index contributed by atoms with van der Waals surface area (Å²) in [6, 6.07) is 1.75. The number of likely N-dealkylation sites (tertiary alicyclic amines) is 1. The molecule has 2 N–H and O–H groups in total. The number of imide groups is 1. The summed E-state index contributed by atoms with van der Waals surface area (Å²) in [5.74, 6) is -6.76. The van der Waals surface area contributed by atoms with Gasteiger partial charge in [-0.3, -0.25) is 19.8 Å². The van der Waals surface area contributed by atoms with Gasteiger partial charge in [-0.05, 0) is 6.42 Å². The lowest BCUT2D eigenvalue weighted by Gasteiger charge is -2.38. The molecule has 36 heavy (non-hydrogen) atoms. The van der Waals surface area contributed by atoms with Crippen LogP contribution in [0.1, 0.15) is 19.8 Å². The first-order chi connectivity index (χ1) is 16.9. The maximum absolute atomic E-state index is 13.9. The smallest absolute Gasteiger partial charge is 0.322 e. The van der Waals surface area contributed by atoms with Crippen LogP contribution in [0.25, 0.3) is 0 Å². The van der Waals surface area contributed by atoms with Gasteiger partial charge in [-0.15, -0.1) is 0 Å². The molecule has 0 spiro atoms. The molecule has 13 heteroatoms. The van der Waals surface area contributed by atoms with Gasteiger partial charge >= 0.3 is 6.03 Å². The number of urea groups is 1. The topological polar surface area (TPSA) is 94.2 Å². The number of carbonyl (C=O) groups excluding carboxylic acids is 3. The highest BCUT2D eigenvalue weighted by Crippen LogP contribution is 2.32. The normalized spacial score (nSPS) is 25.1. The Kier molecular flexibility index (Phi) is 7.04. The predicted molar refractivity (Wildman–Crippen MR) is 121 cm³/mol. The van der Waals surface area contributed by atoms with Crippen molar-refractivity contribution in [2.45, 2.75) is 31.2 Å². The lowest BCUT2D eigenvalue weighted by atomic mass is 9.86. The molecule has 0 aliphatic carbocycles. The molecular formula is C23H29F4N5O4. The lowest BCUT2D eigenvalue weighted by Crippen LogP contribution is -2.57. The maximum Gasteiger partial charge on any atom is 0.322 e. The molecule has 9 nitrogen and oxygen atoms in total. The second-order valence-corrected chi connectivity index (χ2v) is 9.67. The maximum atomic E-state index is 13.9. The molecule has 3 aliphatic heterocycles. The summed E-state index contributed by atoms with van der Waals surface area (Å²) in [4.78, 5) is 42.6. The number of anilines is 1. The van der Waals surface area contributed by atoms with E-state index in [4.69, 9.17) is 4.74 Å². The molecule has 3 saturated heterocycles. The number of rotatable bonds is 7. The Morgan fingerprint density at radius 1 is 1.14 bits per heavy atom. The number of ether oxygens (including phenoxy) is 1. The first-order valence-electron chi connectivity index (χ1n) is 11.7. The van der Waals surface area contributed by atoms with Crippen LogP contribution in [0.2, 0.25) is 0 Å². The minimum atomic E-state index is -2.86. The molecule has 0 aromatic heterocycles. The molecule has 0 saturated carbocycles. The van der Waals surface area contributed by atoms with Crippen LogP contribution < -0.4 is 20.3 Å². The van der Waals surface area contributed by atoms with Gasteiger partial charge in [0.1, 0.15) is 5.54 Å². The Balaban J connectivity index is 1.40. The van der Waals surface area contributed by atoms with Crippen LogP contribution in [-0.2, 0) is 9.59 Å². The summed E-state index contributed by atoms with van der Waals surface area (Å²) in [5.41, 5.74) is -1.06. The highest BCUT2D eigenvalue weighted by Gasteiger charge is 2.51. The number of nitrogens with zero attached hydrogens (tertiary/aromatic N) is 3. The number of benzene rings is 1. The van der Waals surface area contributed by atoms with Crippen molar-refractivity contribution < 1.29 is 36.7 Å². The highest BCUT2D eigenvalue weighted by atomic mass is 19.3. The minimum Gasteiger partial charge on any atom is -0.493 e. The third kappa shape index (κ3) is 5.20. The lowest BCUT2D eigenvalue weighted by molar-refractivity contribution is -0.137. The standard InChI is InChI=1S/C23H29F4N5O4/c1-14(11-22(20(34)28-21(35)29-22)12-30-4-3-23(26,27)13-30)19(33)32-7-5-31(6-8-32)15-9-16(24)18(25)17(10-15)36-2/h9-10,14H,3-8,11-13H2,1-2H3,(H2,28,29,34,35). The highest BCUT2D eigenvalue weighted by molar-refractivity contribution is 6.07. The van der Waals surface area contributed by atoms with E-state index in [1.165, 1.54) is 18.1 Å². The third-order valence-electron chi connectivity index (χ3n) is 6.99. The van der Waals surface area contributed by atoms with Gasteiger partial charge in [0.25, 0.3) is 11.8 Å². The zero-order valence-corrected chi connectivity index (χ0v) is 20.1. The van der Waals surface area contributed by atoms with Crippen molar-refractivity contribution in [3.63, 3.8) is 0 Å². The molecular weight excluding hydrogens is 486 g/mol. The van der Waals surface area contributed by atoms with Gasteiger partial charge in [-0.2, -0.15) is 4.39 Å². The number of methoxy groups -OCH3 is 1. The van der Waals surface area contributed by atoms with Crippen LogP contribution in [0, 0.1) is 17.6 Å². The number of piperazine rings is 1. The van der Waals surface area contributed by atoms with E-state index in [1.54, 1.807) is 16.7 Å². The second kappa shape index (κ2) is 9.75. The summed E-state index contributed by atoms with van der Waals surface area (Å²) in [7, 11) is 1.24. The molecule has 198 valence electrons. The summed E-state index contributed by atoms with van der Waals surface area (Å²) in [6.07, 6.45) is -0.382. The first-order valence-corrected chi connectivity index (χ1v) is 11.7. The second-order valence-electron chi connectivity index (χ2n) is 9.67. The molecule has 0 radical (unpaired) electrons. The van der Waals surface area contributed by atoms with Crippen molar-refractivity contribution in [1.29, 1.82) is 0 Å². The van der Waals surface area contributed by atoms with Crippen LogP contribution in [0.3, 0.4) is 0 Å². The zero-order valence-electron chi connectivity index (χ0n) is 20.1. The average Bonchev–Trinajstić information content (AvgIpc) is 3.31. The fourth-order valence-corrected chi connectivity index (χ4v) is 5.16. The van der Waals surface area contributed by atoms with Crippen LogP contribution >= 0.6 is 0 Å². The molecule has 3 fully saturated rings. The Hall–Kier alpha value is -3.09. The molecule has 3 aliphatic rings. The fourth-order valence-electron chi connectivity index (χ4n) is 5.16. The van der Waals surface area contributed by atoms with Crippen LogP contribution in [0.5, 0.6) is 5.75 Å². The van der Waals surface area contributed by atoms with Crippen molar-refractivity contribution in [2.75, 3.05) is 57.8 Å². The van der Waals surface area contributed by atoms with Gasteiger partial charge < -0.3 is 19.9 Å². The third-order valence-corrected chi connectivity index (χ3v) is 6.99. The molecule has 4 rings (SSSR count). The largest absolute Gasteiger partial charge is 0.493 e. The molecule has 2 unspecified atom stereocenters. The van der Waals surface area contributed by atoms with Crippen LogP contribution in [0.4, 0.5) is 28.0 Å². The van der Waals surface area contributed by atoms with Crippen LogP contribution in [-0.4, -0.2) is 92.0 Å². The number of nitrogens with one attached hydrogen (secondary N) is 2. The summed E-state index contributed by atoms with van der Waals surface area (Å²) >= 11 is 0. The van der Waals surface area contributed by atoms with Gasteiger partial charge in [0.2, 0.25) is 11.7 Å². The first kappa shape index (κ1) is 26.0. The Bertz CT molecular complexity index is 1050. The van der Waals surface area contributed by atoms with Crippen molar-refractivity contribution in [1.82, 2.24) is 20.4 Å². The quantitative estimate of drug-likeness (QED) is 0.423. The monoisotopic (exact) mass is 515 g/mol. The van der Waals surface area contributed by atoms with Crippen LogP contribution in [0.15, 0.2) is 12.1 Å². The summed E-state index contributed by atoms with van der Waals surface area (Å²) in [5, 5.41) is 4.73. The van der Waals surface area contributed by atoms with E-state index in [2.05, 4.69) is 10.6 Å². The molecule has 4 amide bonds. The van der Waals surface area contributed by atoms with Gasteiger partial charge in [0.15, 0.2) is 11.6 Å². The molecule has 0 bridgehead atoms. The number of amides is 4. The van der Waals surface area contributed by atoms with E-state index in [9.17, 15) is 31.9 Å². The van der Waals surface area contributed by atoms with E-state index in [0.717, 1.165) is 6.07 Å². The van der Waals surface area contributed by atoms with E-state index in [-0.39, 0.29) is 37.6 Å². The van der Waals surface area contributed by atoms with Gasteiger partial charge in [0, 0.05) is 69.4 Å². The average molecular weight is 516 g/mol. The minimum absolute atomic E-state index is 0.0495. The SMILES string of the molecule is COc1cc(N2CCN(C(=O)C(C)CC3(CN4CCC(F)(F)C4)NC(=O)NC3=O)CC2)cc(F)c1F. The van der Waals surface area contributed by atoms with Crippen molar-refractivity contribution >= 4 is 23.5 Å². The molecule has 2 atom stereocenters. The van der Waals surface area contributed by atoms with E-state index < -0.39 is 47.5 Å². The summed E-state index contributed by atoms with van der Waals surface area (Å²) in [6.45, 7) is 2.39. The molecule has 1 aromatic rings.